The number of hydrogen-bond acceptors (Lipinski definition) is 3. The molecule has 1 aromatic heterocycles. The van der Waals surface area contributed by atoms with Crippen LogP contribution in [0.25, 0.3) is 10.2 Å². The van der Waals surface area contributed by atoms with Gasteiger partial charge in [-0.25, -0.2) is 0 Å². The average Bonchev–Trinajstić information content (AvgIpc) is 2.92. The molecule has 0 aliphatic heterocycles. The zero-order valence-corrected chi connectivity index (χ0v) is 14.3. The number of amides is 1. The van der Waals surface area contributed by atoms with Crippen LogP contribution in [-0.4, -0.2) is 17.6 Å². The van der Waals surface area contributed by atoms with Crippen LogP contribution in [0.5, 0.6) is 5.75 Å². The van der Waals surface area contributed by atoms with Gasteiger partial charge in [0.25, 0.3) is 5.91 Å². The predicted octanol–water partition coefficient (Wildman–Crippen LogP) is 4.13. The number of rotatable bonds is 3. The molecule has 0 saturated carbocycles. The highest BCUT2D eigenvalue weighted by molar-refractivity contribution is 7.16. The minimum atomic E-state index is -0.283. The van der Waals surface area contributed by atoms with Gasteiger partial charge >= 0.3 is 0 Å². The van der Waals surface area contributed by atoms with E-state index >= 15 is 0 Å². The topological polar surface area (TPSA) is 43.6 Å². The van der Waals surface area contributed by atoms with Crippen molar-refractivity contribution in [3.8, 4) is 5.75 Å². The Labute approximate surface area is 142 Å². The van der Waals surface area contributed by atoms with Crippen molar-refractivity contribution in [2.24, 2.45) is 4.99 Å². The van der Waals surface area contributed by atoms with Gasteiger partial charge in [0.15, 0.2) is 4.80 Å². The molecule has 2 aromatic carbocycles. The SMILES string of the molecule is CCn1c(=NC(=O)c2ccc(Cl)cc2)sc2cccc(OC)c21. The van der Waals surface area contributed by atoms with Gasteiger partial charge in [0.1, 0.15) is 11.3 Å². The number of thiazole rings is 1. The van der Waals surface area contributed by atoms with Gasteiger partial charge in [-0.15, -0.1) is 0 Å². The standard InChI is InChI=1S/C17H15ClN2O2S/c1-3-20-15-13(22-2)5-4-6-14(15)23-17(20)19-16(21)11-7-9-12(18)10-8-11/h4-10H,3H2,1-2H3. The van der Waals surface area contributed by atoms with Crippen LogP contribution in [0, 0.1) is 0 Å². The molecule has 1 heterocycles. The maximum Gasteiger partial charge on any atom is 0.279 e. The molecule has 6 heteroatoms. The molecule has 23 heavy (non-hydrogen) atoms. The Morgan fingerprint density at radius 2 is 2.00 bits per heavy atom. The zero-order valence-electron chi connectivity index (χ0n) is 12.7. The first-order chi connectivity index (χ1) is 11.1. The quantitative estimate of drug-likeness (QED) is 0.715. The summed E-state index contributed by atoms with van der Waals surface area (Å²) in [5.74, 6) is 0.496. The first-order valence-corrected chi connectivity index (χ1v) is 8.34. The highest BCUT2D eigenvalue weighted by Crippen LogP contribution is 2.27. The molecular weight excluding hydrogens is 332 g/mol. The van der Waals surface area contributed by atoms with Gasteiger partial charge in [-0.05, 0) is 43.3 Å². The van der Waals surface area contributed by atoms with Gasteiger partial charge in [0.2, 0.25) is 0 Å². The van der Waals surface area contributed by atoms with E-state index in [2.05, 4.69) is 4.99 Å². The van der Waals surface area contributed by atoms with E-state index in [9.17, 15) is 4.79 Å². The van der Waals surface area contributed by atoms with E-state index < -0.39 is 0 Å². The Bertz CT molecular complexity index is 926. The Morgan fingerprint density at radius 3 is 2.65 bits per heavy atom. The number of halogens is 1. The lowest BCUT2D eigenvalue weighted by Crippen LogP contribution is -2.16. The third kappa shape index (κ3) is 3.02. The van der Waals surface area contributed by atoms with Crippen molar-refractivity contribution in [1.82, 2.24) is 4.57 Å². The van der Waals surface area contributed by atoms with Crippen LogP contribution >= 0.6 is 22.9 Å². The Hall–Kier alpha value is -2.11. The summed E-state index contributed by atoms with van der Waals surface area (Å²) in [7, 11) is 1.64. The van der Waals surface area contributed by atoms with Gasteiger partial charge in [0.05, 0.1) is 11.8 Å². The van der Waals surface area contributed by atoms with Gasteiger partial charge in [-0.2, -0.15) is 4.99 Å². The smallest absolute Gasteiger partial charge is 0.279 e. The lowest BCUT2D eigenvalue weighted by molar-refractivity contribution is 0.0998. The molecule has 118 valence electrons. The van der Waals surface area contributed by atoms with Gasteiger partial charge < -0.3 is 9.30 Å². The molecule has 0 N–H and O–H groups in total. The highest BCUT2D eigenvalue weighted by Gasteiger charge is 2.11. The van der Waals surface area contributed by atoms with Crippen LogP contribution in [0.1, 0.15) is 17.3 Å². The summed E-state index contributed by atoms with van der Waals surface area (Å²) >= 11 is 7.33. The van der Waals surface area contributed by atoms with Crippen molar-refractivity contribution < 1.29 is 9.53 Å². The molecule has 0 fully saturated rings. The van der Waals surface area contributed by atoms with Crippen LogP contribution in [0.4, 0.5) is 0 Å². The normalized spacial score (nSPS) is 11.9. The summed E-state index contributed by atoms with van der Waals surface area (Å²) in [4.78, 5) is 17.3. The van der Waals surface area contributed by atoms with Crippen molar-refractivity contribution in [3.63, 3.8) is 0 Å². The molecule has 3 aromatic rings. The fourth-order valence-corrected chi connectivity index (χ4v) is 3.62. The van der Waals surface area contributed by atoms with Crippen LogP contribution in [0.3, 0.4) is 0 Å². The molecule has 1 amide bonds. The van der Waals surface area contributed by atoms with Gasteiger partial charge in [0, 0.05) is 17.1 Å². The Kier molecular flexibility index (Phi) is 4.50. The van der Waals surface area contributed by atoms with E-state index in [1.54, 1.807) is 31.4 Å². The largest absolute Gasteiger partial charge is 0.495 e. The lowest BCUT2D eigenvalue weighted by atomic mass is 10.2. The highest BCUT2D eigenvalue weighted by atomic mass is 35.5. The number of methoxy groups -OCH3 is 1. The monoisotopic (exact) mass is 346 g/mol. The number of aryl methyl sites for hydroxylation is 1. The number of benzene rings is 2. The van der Waals surface area contributed by atoms with E-state index in [-0.39, 0.29) is 5.91 Å². The number of para-hydroxylation sites is 1. The Morgan fingerprint density at radius 1 is 1.26 bits per heavy atom. The van der Waals surface area contributed by atoms with Crippen LogP contribution < -0.4 is 9.54 Å². The summed E-state index contributed by atoms with van der Waals surface area (Å²) in [5, 5.41) is 0.594. The number of carbonyl (C=O) groups excluding carboxylic acids is 1. The van der Waals surface area contributed by atoms with E-state index in [1.165, 1.54) is 11.3 Å². The summed E-state index contributed by atoms with van der Waals surface area (Å²) in [6, 6.07) is 12.6. The molecule has 0 spiro atoms. The first-order valence-electron chi connectivity index (χ1n) is 7.15. The molecule has 0 aliphatic rings. The summed E-state index contributed by atoms with van der Waals surface area (Å²) in [6.07, 6.45) is 0. The van der Waals surface area contributed by atoms with Crippen molar-refractivity contribution in [3.05, 3.63) is 57.9 Å². The second kappa shape index (κ2) is 6.56. The molecular formula is C17H15ClN2O2S. The molecule has 0 bridgehead atoms. The predicted molar refractivity (Wildman–Crippen MR) is 93.4 cm³/mol. The molecule has 0 unspecified atom stereocenters. The molecule has 3 rings (SSSR count). The number of fused-ring (bicyclic) bond motifs is 1. The average molecular weight is 347 g/mol. The molecule has 0 aliphatic carbocycles. The summed E-state index contributed by atoms with van der Waals surface area (Å²) in [5.41, 5.74) is 1.48. The third-order valence-corrected chi connectivity index (χ3v) is 4.78. The summed E-state index contributed by atoms with van der Waals surface area (Å²) in [6.45, 7) is 2.72. The molecule has 0 radical (unpaired) electrons. The van der Waals surface area contributed by atoms with Crippen LogP contribution in [0.15, 0.2) is 47.5 Å². The number of carbonyl (C=O) groups is 1. The Balaban J connectivity index is 2.15. The van der Waals surface area contributed by atoms with E-state index in [0.717, 1.165) is 16.0 Å². The maximum atomic E-state index is 12.4. The number of aromatic nitrogens is 1. The van der Waals surface area contributed by atoms with Crippen LogP contribution in [0.2, 0.25) is 5.02 Å². The minimum absolute atomic E-state index is 0.283. The van der Waals surface area contributed by atoms with Crippen molar-refractivity contribution in [1.29, 1.82) is 0 Å². The lowest BCUT2D eigenvalue weighted by Gasteiger charge is -2.05. The van der Waals surface area contributed by atoms with E-state index in [0.29, 0.717) is 21.9 Å². The zero-order chi connectivity index (χ0) is 16.4. The fourth-order valence-electron chi connectivity index (χ4n) is 2.38. The van der Waals surface area contributed by atoms with Gasteiger partial charge in [-0.1, -0.05) is 29.0 Å². The van der Waals surface area contributed by atoms with E-state index in [1.807, 2.05) is 29.7 Å². The molecule has 4 nitrogen and oxygen atoms in total. The van der Waals surface area contributed by atoms with Gasteiger partial charge in [-0.3, -0.25) is 4.79 Å². The number of hydrogen-bond donors (Lipinski definition) is 0. The molecule has 0 saturated heterocycles. The fraction of sp³-hybridized carbons (Fsp3) is 0.176. The van der Waals surface area contributed by atoms with Crippen molar-refractivity contribution >= 4 is 39.1 Å². The maximum absolute atomic E-state index is 12.4. The van der Waals surface area contributed by atoms with Crippen LogP contribution in [-0.2, 0) is 6.54 Å². The van der Waals surface area contributed by atoms with E-state index in [4.69, 9.17) is 16.3 Å². The first kappa shape index (κ1) is 15.8. The number of ether oxygens (including phenoxy) is 1. The van der Waals surface area contributed by atoms with Crippen molar-refractivity contribution in [2.75, 3.05) is 7.11 Å². The summed E-state index contributed by atoms with van der Waals surface area (Å²) < 4.78 is 8.46. The van der Waals surface area contributed by atoms with Crippen molar-refractivity contribution in [2.45, 2.75) is 13.5 Å². The third-order valence-electron chi connectivity index (χ3n) is 3.49. The minimum Gasteiger partial charge on any atom is -0.495 e. The molecule has 0 atom stereocenters. The second-order valence-corrected chi connectivity index (χ2v) is 6.31. The number of nitrogens with zero attached hydrogens (tertiary/aromatic N) is 2. The second-order valence-electron chi connectivity index (χ2n) is 4.86.